The zero-order valence-electron chi connectivity index (χ0n) is 5.24. The molecule has 42 valence electrons. The molecule has 0 saturated heterocycles. The van der Waals surface area contributed by atoms with Gasteiger partial charge in [-0.3, -0.25) is 0 Å². The van der Waals surface area contributed by atoms with Crippen LogP contribution in [0.3, 0.4) is 0 Å². The molecule has 0 radical (unpaired) electrons. The van der Waals surface area contributed by atoms with Gasteiger partial charge in [0.2, 0.25) is 0 Å². The molecule has 1 aliphatic rings. The van der Waals surface area contributed by atoms with Crippen molar-refractivity contribution in [3.8, 4) is 0 Å². The molecule has 0 aromatic carbocycles. The summed E-state index contributed by atoms with van der Waals surface area (Å²) in [5, 5.41) is 0. The molecular weight excluding hydrogens is 175 g/mol. The van der Waals surface area contributed by atoms with Crippen LogP contribution in [0.25, 0.3) is 0 Å². The van der Waals surface area contributed by atoms with Crippen molar-refractivity contribution >= 4 is 3.21 Å². The fourth-order valence-electron chi connectivity index (χ4n) is 1.16. The van der Waals surface area contributed by atoms with Gasteiger partial charge in [-0.25, -0.2) is 0 Å². The zero-order chi connectivity index (χ0) is 5.82. The summed E-state index contributed by atoms with van der Waals surface area (Å²) in [7, 11) is 0. The summed E-state index contributed by atoms with van der Waals surface area (Å²) in [6.45, 7) is 0. The Labute approximate surface area is 66.0 Å². The SMILES string of the molecule is [Zr+2]=[C]1CCCCCC1. The van der Waals surface area contributed by atoms with Crippen molar-refractivity contribution in [1.29, 1.82) is 0 Å². The normalized spacial score (nSPS) is 23.0. The van der Waals surface area contributed by atoms with E-state index in [9.17, 15) is 0 Å². The Hall–Kier alpha value is 0.753. The summed E-state index contributed by atoms with van der Waals surface area (Å²) in [6, 6.07) is 0. The Kier molecular flexibility index (Phi) is 3.19. The van der Waals surface area contributed by atoms with Crippen molar-refractivity contribution < 1.29 is 24.2 Å². The van der Waals surface area contributed by atoms with E-state index < -0.39 is 0 Å². The molecule has 1 fully saturated rings. The van der Waals surface area contributed by atoms with Gasteiger partial charge >= 0.3 is 66.0 Å². The third-order valence-corrected chi connectivity index (χ3v) is 2.94. The zero-order valence-corrected chi connectivity index (χ0v) is 7.70. The van der Waals surface area contributed by atoms with E-state index in [1.807, 2.05) is 3.21 Å². The molecule has 0 nitrogen and oxygen atoms in total. The van der Waals surface area contributed by atoms with E-state index in [1.165, 1.54) is 38.5 Å². The monoisotopic (exact) mass is 186 g/mol. The van der Waals surface area contributed by atoms with E-state index in [2.05, 4.69) is 0 Å². The van der Waals surface area contributed by atoms with E-state index in [0.717, 1.165) is 0 Å². The Balaban J connectivity index is 2.27. The Morgan fingerprint density at radius 1 is 0.875 bits per heavy atom. The van der Waals surface area contributed by atoms with Crippen molar-refractivity contribution in [3.63, 3.8) is 0 Å². The molecule has 8 heavy (non-hydrogen) atoms. The first-order valence-corrected chi connectivity index (χ1v) is 4.69. The fourth-order valence-corrected chi connectivity index (χ4v) is 2.02. The van der Waals surface area contributed by atoms with Crippen LogP contribution in [0, 0.1) is 0 Å². The van der Waals surface area contributed by atoms with Crippen LogP contribution < -0.4 is 0 Å². The van der Waals surface area contributed by atoms with Gasteiger partial charge in [0, 0.05) is 0 Å². The maximum atomic E-state index is 1.81. The van der Waals surface area contributed by atoms with Gasteiger partial charge in [-0.2, -0.15) is 0 Å². The molecule has 0 N–H and O–H groups in total. The van der Waals surface area contributed by atoms with Crippen LogP contribution in [0.5, 0.6) is 0 Å². The molecule has 0 heterocycles. The van der Waals surface area contributed by atoms with Crippen LogP contribution in [-0.2, 0) is 24.2 Å². The van der Waals surface area contributed by atoms with Crippen LogP contribution in [0.4, 0.5) is 0 Å². The van der Waals surface area contributed by atoms with E-state index in [4.69, 9.17) is 0 Å². The summed E-state index contributed by atoms with van der Waals surface area (Å²) in [4.78, 5) is 0. The summed E-state index contributed by atoms with van der Waals surface area (Å²) in [5.74, 6) is 0. The molecule has 0 spiro atoms. The first-order valence-electron chi connectivity index (χ1n) is 3.46. The van der Waals surface area contributed by atoms with E-state index >= 15 is 0 Å². The quantitative estimate of drug-likeness (QED) is 0.509. The summed E-state index contributed by atoms with van der Waals surface area (Å²) in [5.41, 5.74) is 0. The van der Waals surface area contributed by atoms with Gasteiger partial charge in [0.05, 0.1) is 0 Å². The summed E-state index contributed by atoms with van der Waals surface area (Å²) >= 11 is 1.69. The second-order valence-electron chi connectivity index (χ2n) is 2.52. The average Bonchev–Trinajstić information content (AvgIpc) is 1.94. The van der Waals surface area contributed by atoms with Crippen LogP contribution in [-0.4, -0.2) is 3.21 Å². The second-order valence-corrected chi connectivity index (χ2v) is 4.26. The van der Waals surface area contributed by atoms with Crippen molar-refractivity contribution in [2.24, 2.45) is 0 Å². The van der Waals surface area contributed by atoms with E-state index in [0.29, 0.717) is 0 Å². The molecule has 0 aromatic heterocycles. The maximum absolute atomic E-state index is 1.81. The van der Waals surface area contributed by atoms with E-state index in [1.54, 1.807) is 24.2 Å². The minimum atomic E-state index is 1.44. The Morgan fingerprint density at radius 2 is 1.38 bits per heavy atom. The third-order valence-electron chi connectivity index (χ3n) is 1.71. The van der Waals surface area contributed by atoms with Gasteiger partial charge in [0.1, 0.15) is 0 Å². The van der Waals surface area contributed by atoms with Crippen molar-refractivity contribution in [2.45, 2.75) is 38.5 Å². The van der Waals surface area contributed by atoms with Crippen molar-refractivity contribution in [2.75, 3.05) is 0 Å². The number of rotatable bonds is 0. The predicted octanol–water partition coefficient (Wildman–Crippen LogP) is 2.06. The van der Waals surface area contributed by atoms with Crippen molar-refractivity contribution in [1.82, 2.24) is 0 Å². The van der Waals surface area contributed by atoms with Gasteiger partial charge in [0.15, 0.2) is 0 Å². The molecule has 1 aliphatic carbocycles. The van der Waals surface area contributed by atoms with Gasteiger partial charge in [0.25, 0.3) is 0 Å². The summed E-state index contributed by atoms with van der Waals surface area (Å²) in [6.07, 6.45) is 8.80. The van der Waals surface area contributed by atoms with Gasteiger partial charge in [-0.05, 0) is 0 Å². The van der Waals surface area contributed by atoms with Crippen LogP contribution in [0.1, 0.15) is 38.5 Å². The third kappa shape index (κ3) is 2.35. The Bertz CT molecular complexity index is 76.4. The molecule has 0 aliphatic heterocycles. The number of hydrogen-bond acceptors (Lipinski definition) is 0. The first-order chi connectivity index (χ1) is 3.89. The average molecular weight is 187 g/mol. The molecular formula is C7H12Zr+2. The molecule has 0 atom stereocenters. The van der Waals surface area contributed by atoms with Crippen LogP contribution in [0.15, 0.2) is 0 Å². The standard InChI is InChI=1S/C7H12.Zr/c1-2-4-6-7-5-3-1;/h1-6H2;/q;+2. The Morgan fingerprint density at radius 3 is 1.88 bits per heavy atom. The van der Waals surface area contributed by atoms with Crippen molar-refractivity contribution in [3.05, 3.63) is 0 Å². The molecule has 1 saturated carbocycles. The van der Waals surface area contributed by atoms with Gasteiger partial charge < -0.3 is 0 Å². The topological polar surface area (TPSA) is 0 Å². The molecule has 0 aromatic rings. The second kappa shape index (κ2) is 3.72. The van der Waals surface area contributed by atoms with Gasteiger partial charge in [-0.1, -0.05) is 0 Å². The van der Waals surface area contributed by atoms with Gasteiger partial charge in [-0.15, -0.1) is 0 Å². The van der Waals surface area contributed by atoms with Crippen LogP contribution in [0.2, 0.25) is 0 Å². The molecule has 1 heteroatoms. The first kappa shape index (κ1) is 6.87. The fraction of sp³-hybridized carbons (Fsp3) is 0.857. The van der Waals surface area contributed by atoms with E-state index in [-0.39, 0.29) is 0 Å². The minimum absolute atomic E-state index is 1.44. The van der Waals surface area contributed by atoms with Crippen LogP contribution >= 0.6 is 0 Å². The number of hydrogen-bond donors (Lipinski definition) is 0. The molecule has 0 bridgehead atoms. The molecule has 1 rings (SSSR count). The molecule has 0 unspecified atom stereocenters. The molecule has 0 amide bonds. The predicted molar refractivity (Wildman–Crippen MR) is 32.7 cm³/mol. The summed E-state index contributed by atoms with van der Waals surface area (Å²) < 4.78 is 1.81.